The van der Waals surface area contributed by atoms with Crippen molar-refractivity contribution in [3.8, 4) is 11.4 Å². The third-order valence-corrected chi connectivity index (χ3v) is 3.97. The van der Waals surface area contributed by atoms with Crippen LogP contribution in [0.15, 0.2) is 29.0 Å². The van der Waals surface area contributed by atoms with Gasteiger partial charge in [0.15, 0.2) is 0 Å². The number of hydrogen-bond acceptors (Lipinski definition) is 5. The summed E-state index contributed by atoms with van der Waals surface area (Å²) in [5.74, 6) is 1.82. The summed E-state index contributed by atoms with van der Waals surface area (Å²) in [5.41, 5.74) is 0.862. The molecule has 1 aliphatic heterocycles. The van der Waals surface area contributed by atoms with Crippen LogP contribution >= 0.6 is 0 Å². The summed E-state index contributed by atoms with van der Waals surface area (Å²) in [5, 5.41) is 3.95. The molecule has 116 valence electrons. The zero-order chi connectivity index (χ0) is 15.4. The standard InChI is InChI=1S/C16H20N4O2/c1-12-3-2-10-20(11-12)15(21)5-4-14-18-16(19-22-14)13-6-8-17-9-7-13/h6-9,12H,2-5,10-11H2,1H3. The van der Waals surface area contributed by atoms with Crippen LogP contribution in [0.4, 0.5) is 0 Å². The number of nitrogens with zero attached hydrogens (tertiary/aromatic N) is 4. The molecular formula is C16H20N4O2. The number of aromatic nitrogens is 3. The first-order valence-electron chi connectivity index (χ1n) is 7.73. The van der Waals surface area contributed by atoms with Gasteiger partial charge in [0.25, 0.3) is 0 Å². The molecular weight excluding hydrogens is 280 g/mol. The first-order valence-corrected chi connectivity index (χ1v) is 7.73. The number of carbonyl (C=O) groups is 1. The second kappa shape index (κ2) is 6.68. The molecule has 1 fully saturated rings. The second-order valence-corrected chi connectivity index (χ2v) is 5.83. The van der Waals surface area contributed by atoms with Crippen LogP contribution < -0.4 is 0 Å². The summed E-state index contributed by atoms with van der Waals surface area (Å²) in [6.45, 7) is 3.93. The van der Waals surface area contributed by atoms with Crippen LogP contribution in [0.2, 0.25) is 0 Å². The maximum Gasteiger partial charge on any atom is 0.227 e. The van der Waals surface area contributed by atoms with Gasteiger partial charge in [-0.3, -0.25) is 9.78 Å². The van der Waals surface area contributed by atoms with Gasteiger partial charge in [0, 0.05) is 43.9 Å². The normalized spacial score (nSPS) is 18.4. The Morgan fingerprint density at radius 2 is 2.23 bits per heavy atom. The monoisotopic (exact) mass is 300 g/mol. The summed E-state index contributed by atoms with van der Waals surface area (Å²) in [7, 11) is 0. The van der Waals surface area contributed by atoms with Crippen molar-refractivity contribution < 1.29 is 9.32 Å². The van der Waals surface area contributed by atoms with Crippen molar-refractivity contribution in [2.45, 2.75) is 32.6 Å². The van der Waals surface area contributed by atoms with Crippen LogP contribution in [0.25, 0.3) is 11.4 Å². The molecule has 3 rings (SSSR count). The van der Waals surface area contributed by atoms with E-state index in [1.54, 1.807) is 12.4 Å². The van der Waals surface area contributed by atoms with Gasteiger partial charge in [0.1, 0.15) is 0 Å². The van der Waals surface area contributed by atoms with Crippen molar-refractivity contribution in [2.24, 2.45) is 5.92 Å². The summed E-state index contributed by atoms with van der Waals surface area (Å²) < 4.78 is 5.23. The number of amides is 1. The van der Waals surface area contributed by atoms with Crippen molar-refractivity contribution in [1.29, 1.82) is 0 Å². The van der Waals surface area contributed by atoms with Crippen LogP contribution in [0.5, 0.6) is 0 Å². The molecule has 0 N–H and O–H groups in total. The van der Waals surface area contributed by atoms with E-state index in [2.05, 4.69) is 22.0 Å². The van der Waals surface area contributed by atoms with Crippen LogP contribution in [-0.4, -0.2) is 39.0 Å². The Morgan fingerprint density at radius 3 is 3.00 bits per heavy atom. The molecule has 1 aliphatic rings. The highest BCUT2D eigenvalue weighted by Gasteiger charge is 2.21. The lowest BCUT2D eigenvalue weighted by atomic mass is 10.00. The molecule has 3 heterocycles. The molecule has 2 aromatic heterocycles. The van der Waals surface area contributed by atoms with Gasteiger partial charge in [-0.2, -0.15) is 4.98 Å². The molecule has 0 radical (unpaired) electrons. The minimum absolute atomic E-state index is 0.176. The van der Waals surface area contributed by atoms with Crippen LogP contribution in [-0.2, 0) is 11.2 Å². The molecule has 1 saturated heterocycles. The van der Waals surface area contributed by atoms with Gasteiger partial charge < -0.3 is 9.42 Å². The fourth-order valence-corrected chi connectivity index (χ4v) is 2.76. The highest BCUT2D eigenvalue weighted by atomic mass is 16.5. The topological polar surface area (TPSA) is 72.1 Å². The molecule has 0 bridgehead atoms. The zero-order valence-electron chi connectivity index (χ0n) is 12.7. The summed E-state index contributed by atoms with van der Waals surface area (Å²) in [6.07, 6.45) is 6.59. The fourth-order valence-electron chi connectivity index (χ4n) is 2.76. The highest BCUT2D eigenvalue weighted by Crippen LogP contribution is 2.18. The second-order valence-electron chi connectivity index (χ2n) is 5.83. The van der Waals surface area contributed by atoms with Gasteiger partial charge in [0.2, 0.25) is 17.6 Å². The average Bonchev–Trinajstić information content (AvgIpc) is 3.02. The Morgan fingerprint density at radius 1 is 1.41 bits per heavy atom. The Labute approximate surface area is 129 Å². The molecule has 0 aromatic carbocycles. The molecule has 6 nitrogen and oxygen atoms in total. The summed E-state index contributed by atoms with van der Waals surface area (Å²) in [4.78, 5) is 22.5. The van der Waals surface area contributed by atoms with E-state index in [-0.39, 0.29) is 5.91 Å². The zero-order valence-corrected chi connectivity index (χ0v) is 12.7. The number of aryl methyl sites for hydroxylation is 1. The van der Waals surface area contributed by atoms with E-state index < -0.39 is 0 Å². The Hall–Kier alpha value is -2.24. The third kappa shape index (κ3) is 3.50. The quantitative estimate of drug-likeness (QED) is 0.866. The lowest BCUT2D eigenvalue weighted by molar-refractivity contribution is -0.132. The van der Waals surface area contributed by atoms with Crippen LogP contribution in [0.3, 0.4) is 0 Å². The van der Waals surface area contributed by atoms with Crippen LogP contribution in [0.1, 0.15) is 32.1 Å². The molecule has 22 heavy (non-hydrogen) atoms. The van der Waals surface area contributed by atoms with Gasteiger partial charge in [-0.1, -0.05) is 12.1 Å². The summed E-state index contributed by atoms with van der Waals surface area (Å²) >= 11 is 0. The van der Waals surface area contributed by atoms with E-state index in [1.165, 1.54) is 6.42 Å². The van der Waals surface area contributed by atoms with E-state index in [0.29, 0.717) is 30.5 Å². The van der Waals surface area contributed by atoms with Gasteiger partial charge >= 0.3 is 0 Å². The minimum atomic E-state index is 0.176. The van der Waals surface area contributed by atoms with Crippen molar-refractivity contribution in [3.63, 3.8) is 0 Å². The van der Waals surface area contributed by atoms with E-state index in [4.69, 9.17) is 4.52 Å². The van der Waals surface area contributed by atoms with Gasteiger partial charge in [-0.25, -0.2) is 0 Å². The van der Waals surface area contributed by atoms with Gasteiger partial charge in [0.05, 0.1) is 0 Å². The predicted octanol–water partition coefficient (Wildman–Crippen LogP) is 2.32. The van der Waals surface area contributed by atoms with E-state index in [1.807, 2.05) is 17.0 Å². The smallest absolute Gasteiger partial charge is 0.227 e. The van der Waals surface area contributed by atoms with Crippen molar-refractivity contribution in [2.75, 3.05) is 13.1 Å². The molecule has 2 aromatic rings. The molecule has 0 spiro atoms. The maximum absolute atomic E-state index is 12.2. The van der Waals surface area contributed by atoms with Crippen molar-refractivity contribution >= 4 is 5.91 Å². The SMILES string of the molecule is CC1CCCN(C(=O)CCc2nc(-c3ccncc3)no2)C1. The van der Waals surface area contributed by atoms with E-state index in [0.717, 1.165) is 25.1 Å². The first-order chi connectivity index (χ1) is 10.7. The Bertz CT molecular complexity index is 626. The van der Waals surface area contributed by atoms with Crippen LogP contribution in [0, 0.1) is 5.92 Å². The molecule has 0 saturated carbocycles. The summed E-state index contributed by atoms with van der Waals surface area (Å²) in [6, 6.07) is 3.66. The number of pyridine rings is 1. The maximum atomic E-state index is 12.2. The van der Waals surface area contributed by atoms with E-state index in [9.17, 15) is 4.79 Å². The van der Waals surface area contributed by atoms with Crippen molar-refractivity contribution in [3.05, 3.63) is 30.4 Å². The molecule has 0 aliphatic carbocycles. The largest absolute Gasteiger partial charge is 0.342 e. The third-order valence-electron chi connectivity index (χ3n) is 3.97. The lowest BCUT2D eigenvalue weighted by Gasteiger charge is -2.30. The highest BCUT2D eigenvalue weighted by molar-refractivity contribution is 5.76. The number of rotatable bonds is 4. The van der Waals surface area contributed by atoms with Gasteiger partial charge in [-0.15, -0.1) is 0 Å². The Balaban J connectivity index is 1.56. The number of piperidine rings is 1. The first kappa shape index (κ1) is 14.7. The number of likely N-dealkylation sites (tertiary alicyclic amines) is 1. The average molecular weight is 300 g/mol. The van der Waals surface area contributed by atoms with E-state index >= 15 is 0 Å². The fraction of sp³-hybridized carbons (Fsp3) is 0.500. The Kier molecular flexibility index (Phi) is 4.46. The predicted molar refractivity (Wildman–Crippen MR) is 80.8 cm³/mol. The van der Waals surface area contributed by atoms with Gasteiger partial charge in [-0.05, 0) is 30.9 Å². The molecule has 1 amide bonds. The minimum Gasteiger partial charge on any atom is -0.342 e. The molecule has 1 unspecified atom stereocenters. The van der Waals surface area contributed by atoms with Crippen molar-refractivity contribution in [1.82, 2.24) is 20.0 Å². The molecule has 1 atom stereocenters. The lowest BCUT2D eigenvalue weighted by Crippen LogP contribution is -2.39. The number of hydrogen-bond donors (Lipinski definition) is 0. The number of carbonyl (C=O) groups excluding carboxylic acids is 1. The molecule has 6 heteroatoms.